The number of quaternary nitrogens is 2. The fourth-order valence-corrected chi connectivity index (χ4v) is 4.86. The minimum atomic E-state index is 0.801. The van der Waals surface area contributed by atoms with E-state index in [1.807, 2.05) is 17.3 Å². The molecule has 1 saturated heterocycles. The summed E-state index contributed by atoms with van der Waals surface area (Å²) in [5, 5.41) is 0. The smallest absolute Gasteiger partial charge is 0.127 e. The standard InChI is InChI=1S/C22H29N3/c1-2-4-20(5-3-1)21-6-8-22(9-7-21)25-16-14-24(15-17-25)18-19-10-12-23-13-11-19/h1-5,10-13,21-22H,6-9,14-18H2/p+2. The van der Waals surface area contributed by atoms with Crippen molar-refractivity contribution in [3.05, 3.63) is 66.0 Å². The highest BCUT2D eigenvalue weighted by molar-refractivity contribution is 5.19. The molecule has 1 aromatic heterocycles. The molecule has 1 aromatic carbocycles. The van der Waals surface area contributed by atoms with Crippen LogP contribution in [0.2, 0.25) is 0 Å². The van der Waals surface area contributed by atoms with Gasteiger partial charge in [0, 0.05) is 18.0 Å². The molecular formula is C22H31N3+2. The topological polar surface area (TPSA) is 21.8 Å². The average Bonchev–Trinajstić information content (AvgIpc) is 2.70. The minimum Gasteiger partial charge on any atom is -0.323 e. The molecule has 0 amide bonds. The van der Waals surface area contributed by atoms with Gasteiger partial charge < -0.3 is 9.80 Å². The molecule has 3 heteroatoms. The van der Waals surface area contributed by atoms with Crippen molar-refractivity contribution in [2.24, 2.45) is 0 Å². The van der Waals surface area contributed by atoms with Crippen molar-refractivity contribution in [3.8, 4) is 0 Å². The Morgan fingerprint density at radius 1 is 0.800 bits per heavy atom. The molecule has 0 atom stereocenters. The van der Waals surface area contributed by atoms with Crippen LogP contribution in [-0.2, 0) is 6.54 Å². The van der Waals surface area contributed by atoms with Crippen molar-refractivity contribution in [2.45, 2.75) is 44.2 Å². The van der Waals surface area contributed by atoms with Gasteiger partial charge in [-0.2, -0.15) is 0 Å². The van der Waals surface area contributed by atoms with Crippen molar-refractivity contribution >= 4 is 0 Å². The van der Waals surface area contributed by atoms with E-state index in [9.17, 15) is 0 Å². The largest absolute Gasteiger partial charge is 0.323 e. The van der Waals surface area contributed by atoms with Gasteiger partial charge in [0.25, 0.3) is 0 Å². The van der Waals surface area contributed by atoms with Crippen molar-refractivity contribution in [3.63, 3.8) is 0 Å². The number of benzene rings is 1. The molecule has 0 unspecified atom stereocenters. The Morgan fingerprint density at radius 2 is 1.48 bits per heavy atom. The molecule has 0 spiro atoms. The number of hydrogen-bond acceptors (Lipinski definition) is 1. The summed E-state index contributed by atoms with van der Waals surface area (Å²) in [6.45, 7) is 6.49. The van der Waals surface area contributed by atoms with Crippen molar-refractivity contribution < 1.29 is 9.80 Å². The molecule has 2 aliphatic rings. The predicted octanol–water partition coefficient (Wildman–Crippen LogP) is 1.09. The first-order valence-electron chi connectivity index (χ1n) is 10.0. The maximum atomic E-state index is 4.13. The molecule has 25 heavy (non-hydrogen) atoms. The Morgan fingerprint density at radius 3 is 2.16 bits per heavy atom. The van der Waals surface area contributed by atoms with Crippen LogP contribution in [-0.4, -0.2) is 37.2 Å². The minimum absolute atomic E-state index is 0.801. The van der Waals surface area contributed by atoms with Gasteiger partial charge in [-0.1, -0.05) is 30.3 Å². The van der Waals surface area contributed by atoms with Crippen LogP contribution in [0.15, 0.2) is 54.9 Å². The summed E-state index contributed by atoms with van der Waals surface area (Å²) in [7, 11) is 0. The van der Waals surface area contributed by atoms with Gasteiger partial charge in [-0.3, -0.25) is 4.98 Å². The molecule has 132 valence electrons. The molecule has 1 aliphatic heterocycles. The summed E-state index contributed by atoms with van der Waals surface area (Å²) in [5.41, 5.74) is 2.99. The zero-order valence-corrected chi connectivity index (χ0v) is 15.2. The Balaban J connectivity index is 1.24. The third-order valence-corrected chi connectivity index (χ3v) is 6.38. The molecule has 1 saturated carbocycles. The van der Waals surface area contributed by atoms with Gasteiger partial charge in [-0.05, 0) is 49.3 Å². The molecule has 2 N–H and O–H groups in total. The van der Waals surface area contributed by atoms with E-state index in [1.54, 1.807) is 10.5 Å². The van der Waals surface area contributed by atoms with Crippen LogP contribution in [0.5, 0.6) is 0 Å². The first kappa shape index (κ1) is 16.7. The number of nitrogens with zero attached hydrogens (tertiary/aromatic N) is 1. The van der Waals surface area contributed by atoms with Gasteiger partial charge in [0.1, 0.15) is 32.7 Å². The summed E-state index contributed by atoms with van der Waals surface area (Å²) < 4.78 is 0. The number of rotatable bonds is 4. The molecule has 1 aliphatic carbocycles. The number of pyridine rings is 1. The maximum Gasteiger partial charge on any atom is 0.127 e. The maximum absolute atomic E-state index is 4.13. The second-order valence-corrected chi connectivity index (χ2v) is 7.90. The Labute approximate surface area is 151 Å². The fourth-order valence-electron chi connectivity index (χ4n) is 4.86. The normalized spacial score (nSPS) is 30.1. The van der Waals surface area contributed by atoms with E-state index in [0.29, 0.717) is 0 Å². The van der Waals surface area contributed by atoms with Gasteiger partial charge in [0.05, 0.1) is 6.04 Å². The van der Waals surface area contributed by atoms with E-state index >= 15 is 0 Å². The zero-order chi connectivity index (χ0) is 16.9. The molecule has 3 nitrogen and oxygen atoms in total. The average molecular weight is 338 g/mol. The molecular weight excluding hydrogens is 306 g/mol. The van der Waals surface area contributed by atoms with Gasteiger partial charge in [0.15, 0.2) is 0 Å². The molecule has 4 rings (SSSR count). The Bertz CT molecular complexity index is 627. The van der Waals surface area contributed by atoms with E-state index in [1.165, 1.54) is 57.4 Å². The first-order chi connectivity index (χ1) is 12.4. The molecule has 0 bridgehead atoms. The summed E-state index contributed by atoms with van der Waals surface area (Å²) >= 11 is 0. The molecule has 0 radical (unpaired) electrons. The lowest BCUT2D eigenvalue weighted by Crippen LogP contribution is -3.29. The van der Waals surface area contributed by atoms with E-state index in [2.05, 4.69) is 47.4 Å². The van der Waals surface area contributed by atoms with E-state index in [-0.39, 0.29) is 0 Å². The number of piperazine rings is 1. The number of hydrogen-bond donors (Lipinski definition) is 2. The highest BCUT2D eigenvalue weighted by atomic mass is 15.3. The second-order valence-electron chi connectivity index (χ2n) is 7.90. The van der Waals surface area contributed by atoms with Gasteiger partial charge in [-0.25, -0.2) is 0 Å². The van der Waals surface area contributed by atoms with Crippen molar-refractivity contribution in [2.75, 3.05) is 26.2 Å². The van der Waals surface area contributed by atoms with Crippen molar-refractivity contribution in [1.29, 1.82) is 0 Å². The summed E-state index contributed by atoms with van der Waals surface area (Å²) in [6.07, 6.45) is 9.42. The van der Waals surface area contributed by atoms with Gasteiger partial charge in [-0.15, -0.1) is 0 Å². The predicted molar refractivity (Wildman–Crippen MR) is 101 cm³/mol. The van der Waals surface area contributed by atoms with E-state index in [0.717, 1.165) is 18.5 Å². The van der Waals surface area contributed by atoms with Crippen LogP contribution in [0.25, 0.3) is 0 Å². The lowest BCUT2D eigenvalue weighted by Gasteiger charge is -2.38. The number of aromatic nitrogens is 1. The highest BCUT2D eigenvalue weighted by Crippen LogP contribution is 2.31. The molecule has 2 aromatic rings. The Hall–Kier alpha value is -1.71. The lowest BCUT2D eigenvalue weighted by molar-refractivity contribution is -1.03. The lowest BCUT2D eigenvalue weighted by atomic mass is 9.81. The van der Waals surface area contributed by atoms with Crippen LogP contribution in [0.1, 0.15) is 42.7 Å². The van der Waals surface area contributed by atoms with Crippen LogP contribution in [0, 0.1) is 0 Å². The first-order valence-corrected chi connectivity index (χ1v) is 10.0. The SMILES string of the molecule is c1ccc(C2CCC([NH+]3CC[NH+](Cc4ccncc4)CC3)CC2)cc1. The van der Waals surface area contributed by atoms with Gasteiger partial charge >= 0.3 is 0 Å². The summed E-state index contributed by atoms with van der Waals surface area (Å²) in [6, 6.07) is 16.4. The van der Waals surface area contributed by atoms with Crippen LogP contribution < -0.4 is 9.80 Å². The number of nitrogens with one attached hydrogen (secondary N) is 2. The Kier molecular flexibility index (Phi) is 5.43. The third-order valence-electron chi connectivity index (χ3n) is 6.38. The summed E-state index contributed by atoms with van der Waals surface area (Å²) in [4.78, 5) is 7.75. The second kappa shape index (κ2) is 8.11. The van der Waals surface area contributed by atoms with Crippen LogP contribution in [0.4, 0.5) is 0 Å². The molecule has 2 fully saturated rings. The van der Waals surface area contributed by atoms with Crippen LogP contribution in [0.3, 0.4) is 0 Å². The molecule has 2 heterocycles. The third kappa shape index (κ3) is 4.28. The van der Waals surface area contributed by atoms with E-state index in [4.69, 9.17) is 0 Å². The van der Waals surface area contributed by atoms with Crippen LogP contribution >= 0.6 is 0 Å². The van der Waals surface area contributed by atoms with Crippen molar-refractivity contribution in [1.82, 2.24) is 4.98 Å². The highest BCUT2D eigenvalue weighted by Gasteiger charge is 2.32. The fraction of sp³-hybridized carbons (Fsp3) is 0.500. The zero-order valence-electron chi connectivity index (χ0n) is 15.2. The quantitative estimate of drug-likeness (QED) is 0.857. The monoisotopic (exact) mass is 337 g/mol. The summed E-state index contributed by atoms with van der Waals surface area (Å²) in [5.74, 6) is 0.801. The van der Waals surface area contributed by atoms with E-state index < -0.39 is 0 Å². The van der Waals surface area contributed by atoms with Gasteiger partial charge in [0.2, 0.25) is 0 Å².